The van der Waals surface area contributed by atoms with Gasteiger partial charge < -0.3 is 14.4 Å². The number of hydrogen-bond acceptors (Lipinski definition) is 3. The van der Waals surface area contributed by atoms with Crippen molar-refractivity contribution in [2.75, 3.05) is 0 Å². The quantitative estimate of drug-likeness (QED) is 0.389. The molecular weight excluding hydrogens is 244 g/mol. The van der Waals surface area contributed by atoms with E-state index in [2.05, 4.69) is 0 Å². The molecule has 0 fully saturated rings. The zero-order valence-electron chi connectivity index (χ0n) is 8.07. The molecule has 0 heterocycles. The maximum Gasteiger partial charge on any atom is 1.00 e. The third-order valence-corrected chi connectivity index (χ3v) is 2.29. The molecule has 7 heteroatoms. The van der Waals surface area contributed by atoms with Crippen molar-refractivity contribution in [2.45, 2.75) is 6.16 Å². The summed E-state index contributed by atoms with van der Waals surface area (Å²) < 4.78 is 10.3. The van der Waals surface area contributed by atoms with Crippen LogP contribution < -0.4 is 68.9 Å². The van der Waals surface area contributed by atoms with Gasteiger partial charge in [0.2, 0.25) is 0 Å². The fourth-order valence-corrected chi connectivity index (χ4v) is 1.60. The SMILES string of the molecule is O=P([O-])([O-])Cc1ccc(Cl)cc1.[Na+].[Na+]. The van der Waals surface area contributed by atoms with E-state index in [0.29, 0.717) is 10.6 Å². The molecular formula is C7H6ClNa2O3P. The molecule has 3 nitrogen and oxygen atoms in total. The molecule has 0 aliphatic rings. The molecule has 0 N–H and O–H groups in total. The molecule has 14 heavy (non-hydrogen) atoms. The van der Waals surface area contributed by atoms with Crippen molar-refractivity contribution in [3.8, 4) is 0 Å². The monoisotopic (exact) mass is 250 g/mol. The maximum atomic E-state index is 10.3. The Bertz CT molecular complexity index is 311. The first kappa shape index (κ1) is 18.0. The van der Waals surface area contributed by atoms with Gasteiger partial charge >= 0.3 is 59.1 Å². The topological polar surface area (TPSA) is 63.2 Å². The van der Waals surface area contributed by atoms with Crippen LogP contribution in [0.15, 0.2) is 24.3 Å². The van der Waals surface area contributed by atoms with Gasteiger partial charge in [-0.15, -0.1) is 0 Å². The van der Waals surface area contributed by atoms with Crippen molar-refractivity contribution < 1.29 is 73.5 Å². The molecule has 0 atom stereocenters. The molecule has 1 aromatic rings. The van der Waals surface area contributed by atoms with Crippen LogP contribution in [-0.2, 0) is 10.7 Å². The van der Waals surface area contributed by atoms with Crippen LogP contribution in [0.5, 0.6) is 0 Å². The normalized spacial score (nSPS) is 9.93. The summed E-state index contributed by atoms with van der Waals surface area (Å²) in [6, 6.07) is 6.13. The van der Waals surface area contributed by atoms with Crippen LogP contribution in [0.25, 0.3) is 0 Å². The smallest absolute Gasteiger partial charge is 0.810 e. The zero-order chi connectivity index (χ0) is 9.19. The molecule has 0 saturated carbocycles. The van der Waals surface area contributed by atoms with Gasteiger partial charge in [0.25, 0.3) is 0 Å². The van der Waals surface area contributed by atoms with Crippen molar-refractivity contribution >= 4 is 19.2 Å². The molecule has 66 valence electrons. The largest absolute Gasteiger partial charge is 1.00 e. The molecule has 0 saturated heterocycles. The second-order valence-electron chi connectivity index (χ2n) is 2.40. The van der Waals surface area contributed by atoms with Crippen molar-refractivity contribution in [3.05, 3.63) is 34.9 Å². The summed E-state index contributed by atoms with van der Waals surface area (Å²) in [7, 11) is -4.45. The Morgan fingerprint density at radius 3 is 1.93 bits per heavy atom. The van der Waals surface area contributed by atoms with Gasteiger partial charge in [-0.1, -0.05) is 31.3 Å². The van der Waals surface area contributed by atoms with Crippen molar-refractivity contribution in [1.82, 2.24) is 0 Å². The van der Waals surface area contributed by atoms with Gasteiger partial charge in [0.15, 0.2) is 0 Å². The summed E-state index contributed by atoms with van der Waals surface area (Å²) in [5.74, 6) is 0. The van der Waals surface area contributed by atoms with E-state index in [1.54, 1.807) is 12.1 Å². The van der Waals surface area contributed by atoms with E-state index in [-0.39, 0.29) is 59.1 Å². The Kier molecular flexibility index (Phi) is 10.1. The summed E-state index contributed by atoms with van der Waals surface area (Å²) in [5.41, 5.74) is 0.465. The summed E-state index contributed by atoms with van der Waals surface area (Å²) in [5, 5.41) is 0.519. The van der Waals surface area contributed by atoms with E-state index < -0.39 is 13.8 Å². The van der Waals surface area contributed by atoms with Gasteiger partial charge in [0.05, 0.1) is 0 Å². The number of halogens is 1. The van der Waals surface area contributed by atoms with Crippen molar-refractivity contribution in [1.29, 1.82) is 0 Å². The van der Waals surface area contributed by atoms with E-state index in [4.69, 9.17) is 11.6 Å². The van der Waals surface area contributed by atoms with E-state index in [9.17, 15) is 14.4 Å². The van der Waals surface area contributed by atoms with E-state index in [0.717, 1.165) is 0 Å². The van der Waals surface area contributed by atoms with Crippen LogP contribution in [0.3, 0.4) is 0 Å². The minimum Gasteiger partial charge on any atom is -0.810 e. The first-order valence-electron chi connectivity index (χ1n) is 3.23. The van der Waals surface area contributed by atoms with Crippen LogP contribution in [0.4, 0.5) is 0 Å². The Balaban J connectivity index is 0. The van der Waals surface area contributed by atoms with Gasteiger partial charge in [-0.2, -0.15) is 0 Å². The van der Waals surface area contributed by atoms with Crippen molar-refractivity contribution in [2.24, 2.45) is 0 Å². The van der Waals surface area contributed by atoms with E-state index in [1.807, 2.05) is 0 Å². The Morgan fingerprint density at radius 2 is 1.57 bits per heavy atom. The van der Waals surface area contributed by atoms with Crippen LogP contribution in [0, 0.1) is 0 Å². The molecule has 0 bridgehead atoms. The fourth-order valence-electron chi connectivity index (χ4n) is 0.813. The van der Waals surface area contributed by atoms with Gasteiger partial charge in [0, 0.05) is 11.2 Å². The van der Waals surface area contributed by atoms with Gasteiger partial charge in [-0.05, 0) is 17.7 Å². The van der Waals surface area contributed by atoms with Crippen LogP contribution >= 0.6 is 19.2 Å². The Hall–Kier alpha value is 1.66. The standard InChI is InChI=1S/C7H8ClO3P.2Na/c8-7-3-1-6(2-4-7)5-12(9,10)11;;/h1-4H,5H2,(H2,9,10,11);;/q;2*+1/p-2. The Morgan fingerprint density at radius 1 is 1.14 bits per heavy atom. The molecule has 1 rings (SSSR count). The number of hydrogen-bond donors (Lipinski definition) is 0. The molecule has 1 aromatic carbocycles. The number of benzene rings is 1. The summed E-state index contributed by atoms with van der Waals surface area (Å²) >= 11 is 5.56. The second-order valence-corrected chi connectivity index (χ2v) is 4.37. The molecule has 0 unspecified atom stereocenters. The predicted octanol–water partition coefficient (Wildman–Crippen LogP) is -5.24. The molecule has 0 aliphatic heterocycles. The van der Waals surface area contributed by atoms with Gasteiger partial charge in [-0.25, -0.2) is 0 Å². The van der Waals surface area contributed by atoms with Crippen LogP contribution in [-0.4, -0.2) is 0 Å². The maximum absolute atomic E-state index is 10.3. The van der Waals surface area contributed by atoms with E-state index in [1.165, 1.54) is 12.1 Å². The van der Waals surface area contributed by atoms with E-state index >= 15 is 0 Å². The van der Waals surface area contributed by atoms with Gasteiger partial charge in [0.1, 0.15) is 0 Å². The zero-order valence-corrected chi connectivity index (χ0v) is 13.7. The summed E-state index contributed by atoms with van der Waals surface area (Å²) in [4.78, 5) is 20.6. The fraction of sp³-hybridized carbons (Fsp3) is 0.143. The first-order valence-corrected chi connectivity index (χ1v) is 5.33. The van der Waals surface area contributed by atoms with Crippen LogP contribution in [0.1, 0.15) is 5.56 Å². The third-order valence-electron chi connectivity index (χ3n) is 1.29. The average Bonchev–Trinajstić information content (AvgIpc) is 1.91. The number of rotatable bonds is 2. The Labute approximate surface area is 132 Å². The molecule has 0 aromatic heterocycles. The van der Waals surface area contributed by atoms with Crippen molar-refractivity contribution in [3.63, 3.8) is 0 Å². The molecule has 0 radical (unpaired) electrons. The van der Waals surface area contributed by atoms with Gasteiger partial charge in [-0.3, -0.25) is 0 Å². The minimum absolute atomic E-state index is 0. The first-order chi connectivity index (χ1) is 5.47. The average molecular weight is 251 g/mol. The second kappa shape index (κ2) is 7.86. The summed E-state index contributed by atoms with van der Waals surface area (Å²) in [6.45, 7) is 0. The molecule has 0 aliphatic carbocycles. The minimum atomic E-state index is -4.45. The third kappa shape index (κ3) is 7.89. The summed E-state index contributed by atoms with van der Waals surface area (Å²) in [6.07, 6.45) is -0.454. The molecule has 0 amide bonds. The molecule has 0 spiro atoms. The van der Waals surface area contributed by atoms with Crippen LogP contribution in [0.2, 0.25) is 5.02 Å². The predicted molar refractivity (Wildman–Crippen MR) is 42.8 cm³/mol.